The molecule has 11 heteroatoms. The van der Waals surface area contributed by atoms with E-state index in [1.807, 2.05) is 0 Å². The maximum Gasteiger partial charge on any atom is 0.219 e. The van der Waals surface area contributed by atoms with Crippen molar-refractivity contribution in [2.24, 2.45) is 0 Å². The molecule has 0 bridgehead atoms. The summed E-state index contributed by atoms with van der Waals surface area (Å²) in [6.45, 7) is -2.32. The summed E-state index contributed by atoms with van der Waals surface area (Å²) in [4.78, 5) is 0. The summed E-state index contributed by atoms with van der Waals surface area (Å²) in [5.74, 6) is -2.37. The molecule has 0 saturated carbocycles. The number of aliphatic hydroxyl groups excluding tert-OH is 7. The van der Waals surface area contributed by atoms with Crippen LogP contribution in [0.3, 0.4) is 0 Å². The van der Waals surface area contributed by atoms with E-state index < -0.39 is 74.6 Å². The summed E-state index contributed by atoms with van der Waals surface area (Å²) in [6, 6.07) is 0. The molecule has 2 aliphatic rings. The number of hydrogen-bond acceptors (Lipinski definition) is 11. The minimum atomic E-state index is -2.37. The van der Waals surface area contributed by atoms with Crippen LogP contribution in [0.25, 0.3) is 0 Å². The van der Waals surface area contributed by atoms with Gasteiger partial charge in [-0.2, -0.15) is 0 Å². The Morgan fingerprint density at radius 1 is 0.870 bits per heavy atom. The summed E-state index contributed by atoms with van der Waals surface area (Å²) in [5.41, 5.74) is 0. The highest BCUT2D eigenvalue weighted by atomic mass is 16.7. The molecule has 0 unspecified atom stereocenters. The summed E-state index contributed by atoms with van der Waals surface area (Å²) in [7, 11) is 0. The van der Waals surface area contributed by atoms with Crippen LogP contribution in [-0.2, 0) is 14.2 Å². The van der Waals surface area contributed by atoms with Gasteiger partial charge in [0.1, 0.15) is 42.7 Å². The summed E-state index contributed by atoms with van der Waals surface area (Å²) < 4.78 is 15.3. The van der Waals surface area contributed by atoms with Gasteiger partial charge in [0, 0.05) is 0 Å². The molecule has 11 nitrogen and oxygen atoms in total. The van der Waals surface area contributed by atoms with Crippen molar-refractivity contribution in [2.45, 2.75) is 54.8 Å². The van der Waals surface area contributed by atoms with Gasteiger partial charge in [-0.3, -0.25) is 0 Å². The molecule has 0 radical (unpaired) electrons. The van der Waals surface area contributed by atoms with Crippen molar-refractivity contribution >= 4 is 0 Å². The topological polar surface area (TPSA) is 190 Å². The Morgan fingerprint density at radius 3 is 2.00 bits per heavy atom. The molecule has 2 aliphatic heterocycles. The predicted octanol–water partition coefficient (Wildman–Crippen LogP) is -5.40. The second kappa shape index (κ2) is 7.21. The fourth-order valence-electron chi connectivity index (χ4n) is 2.63. The van der Waals surface area contributed by atoms with Crippen LogP contribution in [0.4, 0.5) is 0 Å². The SMILES string of the molecule is OC[C@@H]1O[C@@H](O[C@@H]2[C@@H](CO)O[C@@](O)(CO)[C@H]2O)[C@H](O)[C@H](O)[C@H]1O. The molecule has 2 saturated heterocycles. The molecule has 2 rings (SSSR count). The Labute approximate surface area is 130 Å². The molecule has 0 aromatic carbocycles. The molecule has 0 aromatic rings. The van der Waals surface area contributed by atoms with Gasteiger partial charge in [-0.25, -0.2) is 0 Å². The first-order valence-corrected chi connectivity index (χ1v) is 7.05. The van der Waals surface area contributed by atoms with Gasteiger partial charge in [0.05, 0.1) is 19.8 Å². The maximum atomic E-state index is 10.00. The predicted molar refractivity (Wildman–Crippen MR) is 68.6 cm³/mol. The van der Waals surface area contributed by atoms with E-state index in [1.165, 1.54) is 0 Å². The minimum Gasteiger partial charge on any atom is -0.394 e. The van der Waals surface area contributed by atoms with Gasteiger partial charge < -0.3 is 55.1 Å². The number of rotatable bonds is 5. The van der Waals surface area contributed by atoms with Gasteiger partial charge >= 0.3 is 0 Å². The molecule has 2 heterocycles. The van der Waals surface area contributed by atoms with Crippen LogP contribution in [0.5, 0.6) is 0 Å². The second-order valence-electron chi connectivity index (χ2n) is 5.58. The molecule has 2 fully saturated rings. The zero-order valence-corrected chi connectivity index (χ0v) is 12.0. The summed E-state index contributed by atoms with van der Waals surface area (Å²) in [5, 5.41) is 76.5. The van der Waals surface area contributed by atoms with Crippen molar-refractivity contribution in [3.05, 3.63) is 0 Å². The zero-order chi connectivity index (χ0) is 17.4. The van der Waals surface area contributed by atoms with Crippen molar-refractivity contribution in [3.63, 3.8) is 0 Å². The highest BCUT2D eigenvalue weighted by Crippen LogP contribution is 2.33. The number of aliphatic hydroxyl groups is 8. The monoisotopic (exact) mass is 342 g/mol. The van der Waals surface area contributed by atoms with Gasteiger partial charge in [-0.05, 0) is 0 Å². The fraction of sp³-hybridized carbons (Fsp3) is 1.00. The lowest BCUT2D eigenvalue weighted by Crippen LogP contribution is -2.60. The average Bonchev–Trinajstić information content (AvgIpc) is 2.80. The maximum absolute atomic E-state index is 10.00. The highest BCUT2D eigenvalue weighted by molar-refractivity contribution is 4.98. The molecular weight excluding hydrogens is 320 g/mol. The van der Waals surface area contributed by atoms with Crippen LogP contribution in [-0.4, -0.2) is 115 Å². The summed E-state index contributed by atoms with van der Waals surface area (Å²) >= 11 is 0. The van der Waals surface area contributed by atoms with Gasteiger partial charge in [-0.15, -0.1) is 0 Å². The highest BCUT2D eigenvalue weighted by Gasteiger charge is 2.56. The van der Waals surface area contributed by atoms with Crippen LogP contribution in [0.1, 0.15) is 0 Å². The van der Waals surface area contributed by atoms with Crippen molar-refractivity contribution in [1.82, 2.24) is 0 Å². The standard InChI is InChI=1S/C12H22O11/c13-1-4-6(16)7(17)8(18)11(21-4)22-9-5(2-14)23-12(20,3-15)10(9)19/h4-11,13-20H,1-3H2/t4-,5+,6-,7+,8+,9+,10-,11-,12-/m0/s1. The van der Waals surface area contributed by atoms with Gasteiger partial charge in [-0.1, -0.05) is 0 Å². The molecule has 136 valence electrons. The third-order valence-corrected chi connectivity index (χ3v) is 4.04. The Balaban J connectivity index is 2.13. The fourth-order valence-corrected chi connectivity index (χ4v) is 2.63. The zero-order valence-electron chi connectivity index (χ0n) is 12.0. The van der Waals surface area contributed by atoms with Gasteiger partial charge in [0.2, 0.25) is 5.79 Å². The third kappa shape index (κ3) is 3.36. The van der Waals surface area contributed by atoms with Crippen molar-refractivity contribution in [1.29, 1.82) is 0 Å². The van der Waals surface area contributed by atoms with Crippen LogP contribution >= 0.6 is 0 Å². The lowest BCUT2D eigenvalue weighted by molar-refractivity contribution is -0.318. The van der Waals surface area contributed by atoms with Crippen LogP contribution < -0.4 is 0 Å². The molecule has 0 aliphatic carbocycles. The smallest absolute Gasteiger partial charge is 0.219 e. The lowest BCUT2D eigenvalue weighted by atomic mass is 9.99. The van der Waals surface area contributed by atoms with E-state index >= 15 is 0 Å². The van der Waals surface area contributed by atoms with Crippen LogP contribution in [0.2, 0.25) is 0 Å². The number of ether oxygens (including phenoxy) is 3. The van der Waals surface area contributed by atoms with Crippen molar-refractivity contribution < 1.29 is 55.1 Å². The minimum absolute atomic E-state index is 0.668. The number of hydrogen-bond donors (Lipinski definition) is 8. The Hall–Kier alpha value is -0.440. The quantitative estimate of drug-likeness (QED) is 0.238. The molecule has 0 amide bonds. The third-order valence-electron chi connectivity index (χ3n) is 4.04. The van der Waals surface area contributed by atoms with E-state index in [1.54, 1.807) is 0 Å². The van der Waals surface area contributed by atoms with E-state index in [2.05, 4.69) is 0 Å². The first-order valence-electron chi connectivity index (χ1n) is 7.05. The Bertz CT molecular complexity index is 393. The van der Waals surface area contributed by atoms with Gasteiger partial charge in [0.15, 0.2) is 6.29 Å². The van der Waals surface area contributed by atoms with E-state index in [0.29, 0.717) is 0 Å². The van der Waals surface area contributed by atoms with E-state index in [9.17, 15) is 30.6 Å². The normalized spacial score (nSPS) is 51.1. The molecular formula is C12H22O11. The molecule has 0 aromatic heterocycles. The average molecular weight is 342 g/mol. The van der Waals surface area contributed by atoms with E-state index in [4.69, 9.17) is 24.4 Å². The molecule has 9 atom stereocenters. The van der Waals surface area contributed by atoms with Crippen LogP contribution in [0.15, 0.2) is 0 Å². The van der Waals surface area contributed by atoms with E-state index in [0.717, 1.165) is 0 Å². The Kier molecular flexibility index (Phi) is 5.92. The summed E-state index contributed by atoms with van der Waals surface area (Å²) in [6.07, 6.45) is -12.2. The van der Waals surface area contributed by atoms with Gasteiger partial charge in [0.25, 0.3) is 0 Å². The first-order chi connectivity index (χ1) is 10.8. The molecule has 8 N–H and O–H groups in total. The lowest BCUT2D eigenvalue weighted by Gasteiger charge is -2.41. The van der Waals surface area contributed by atoms with Crippen LogP contribution in [0, 0.1) is 0 Å². The Morgan fingerprint density at radius 2 is 1.48 bits per heavy atom. The van der Waals surface area contributed by atoms with Crippen molar-refractivity contribution in [2.75, 3.05) is 19.8 Å². The molecule has 23 heavy (non-hydrogen) atoms. The molecule has 0 spiro atoms. The second-order valence-corrected chi connectivity index (χ2v) is 5.58. The largest absolute Gasteiger partial charge is 0.394 e. The first kappa shape index (κ1) is 18.9. The van der Waals surface area contributed by atoms with E-state index in [-0.39, 0.29) is 0 Å². The van der Waals surface area contributed by atoms with Crippen molar-refractivity contribution in [3.8, 4) is 0 Å².